The van der Waals surface area contributed by atoms with E-state index in [9.17, 15) is 4.79 Å². The molecular weight excluding hydrogens is 246 g/mol. The topological polar surface area (TPSA) is 56.8 Å². The molecule has 19 heavy (non-hydrogen) atoms. The minimum atomic E-state index is -0.259. The molecule has 1 aromatic carbocycles. The van der Waals surface area contributed by atoms with Crippen LogP contribution in [0.2, 0.25) is 0 Å². The maximum Gasteiger partial charge on any atom is 0.302 e. The van der Waals surface area contributed by atoms with E-state index in [-0.39, 0.29) is 5.97 Å². The minimum absolute atomic E-state index is 0.259. The van der Waals surface area contributed by atoms with Gasteiger partial charge in [0.1, 0.15) is 6.61 Å². The van der Waals surface area contributed by atoms with Crippen molar-refractivity contribution in [1.29, 1.82) is 0 Å². The van der Waals surface area contributed by atoms with Crippen LogP contribution in [-0.4, -0.2) is 32.8 Å². The molecule has 0 amide bonds. The van der Waals surface area contributed by atoms with E-state index in [4.69, 9.17) is 14.2 Å². The van der Waals surface area contributed by atoms with Gasteiger partial charge in [-0.15, -0.1) is 0 Å². The molecule has 106 valence electrons. The zero-order valence-electron chi connectivity index (χ0n) is 11.7. The van der Waals surface area contributed by atoms with Crippen LogP contribution in [0.3, 0.4) is 0 Å². The summed E-state index contributed by atoms with van der Waals surface area (Å²) < 4.78 is 15.6. The standard InChI is InChI=1S/C14H21NO4/c1-4-18-14-9-12(5-6-13(14)17-3)10-15-7-8-19-11(2)16/h5-6,9,15H,4,7-8,10H2,1-3H3. The predicted molar refractivity (Wildman–Crippen MR) is 72.5 cm³/mol. The van der Waals surface area contributed by atoms with E-state index >= 15 is 0 Å². The fourth-order valence-electron chi connectivity index (χ4n) is 1.60. The van der Waals surface area contributed by atoms with Crippen LogP contribution in [0.15, 0.2) is 18.2 Å². The van der Waals surface area contributed by atoms with E-state index in [1.165, 1.54) is 6.92 Å². The summed E-state index contributed by atoms with van der Waals surface area (Å²) in [6.07, 6.45) is 0. The second-order valence-corrected chi connectivity index (χ2v) is 3.94. The molecular formula is C14H21NO4. The van der Waals surface area contributed by atoms with E-state index in [2.05, 4.69) is 5.32 Å². The van der Waals surface area contributed by atoms with Crippen molar-refractivity contribution in [2.75, 3.05) is 26.9 Å². The lowest BCUT2D eigenvalue weighted by Crippen LogP contribution is -2.20. The van der Waals surface area contributed by atoms with Crippen LogP contribution in [0.1, 0.15) is 19.4 Å². The number of hydrogen-bond acceptors (Lipinski definition) is 5. The smallest absolute Gasteiger partial charge is 0.302 e. The highest BCUT2D eigenvalue weighted by Gasteiger charge is 2.05. The minimum Gasteiger partial charge on any atom is -0.493 e. The number of nitrogens with one attached hydrogen (secondary N) is 1. The van der Waals surface area contributed by atoms with Crippen LogP contribution in [-0.2, 0) is 16.1 Å². The number of esters is 1. The normalized spacial score (nSPS) is 10.1. The highest BCUT2D eigenvalue weighted by Crippen LogP contribution is 2.27. The fraction of sp³-hybridized carbons (Fsp3) is 0.500. The first kappa shape index (κ1) is 15.3. The van der Waals surface area contributed by atoms with Gasteiger partial charge in [-0.25, -0.2) is 0 Å². The van der Waals surface area contributed by atoms with Crippen molar-refractivity contribution in [3.05, 3.63) is 23.8 Å². The zero-order valence-corrected chi connectivity index (χ0v) is 11.7. The molecule has 0 atom stereocenters. The Morgan fingerprint density at radius 1 is 1.32 bits per heavy atom. The van der Waals surface area contributed by atoms with Crippen molar-refractivity contribution in [2.45, 2.75) is 20.4 Å². The molecule has 1 N–H and O–H groups in total. The zero-order chi connectivity index (χ0) is 14.1. The Bertz CT molecular complexity index is 406. The number of ether oxygens (including phenoxy) is 3. The van der Waals surface area contributed by atoms with E-state index in [0.717, 1.165) is 17.1 Å². The number of carbonyl (C=O) groups excluding carboxylic acids is 1. The van der Waals surface area contributed by atoms with E-state index in [1.54, 1.807) is 7.11 Å². The SMILES string of the molecule is CCOc1cc(CNCCOC(C)=O)ccc1OC. The molecule has 0 saturated heterocycles. The van der Waals surface area contributed by atoms with Crippen molar-refractivity contribution in [3.63, 3.8) is 0 Å². The Morgan fingerprint density at radius 2 is 2.11 bits per heavy atom. The Balaban J connectivity index is 2.45. The van der Waals surface area contributed by atoms with Gasteiger partial charge in [-0.1, -0.05) is 6.07 Å². The molecule has 5 heteroatoms. The monoisotopic (exact) mass is 267 g/mol. The summed E-state index contributed by atoms with van der Waals surface area (Å²) in [6.45, 7) is 5.62. The molecule has 0 aliphatic heterocycles. The van der Waals surface area contributed by atoms with Gasteiger partial charge in [-0.05, 0) is 24.6 Å². The third-order valence-electron chi connectivity index (χ3n) is 2.44. The summed E-state index contributed by atoms with van der Waals surface area (Å²) >= 11 is 0. The van der Waals surface area contributed by atoms with Crippen molar-refractivity contribution in [2.24, 2.45) is 0 Å². The highest BCUT2D eigenvalue weighted by molar-refractivity contribution is 5.65. The third-order valence-corrected chi connectivity index (χ3v) is 2.44. The molecule has 0 radical (unpaired) electrons. The largest absolute Gasteiger partial charge is 0.493 e. The molecule has 0 fully saturated rings. The lowest BCUT2D eigenvalue weighted by molar-refractivity contribution is -0.140. The lowest BCUT2D eigenvalue weighted by Gasteiger charge is -2.11. The van der Waals surface area contributed by atoms with Gasteiger partial charge in [0.25, 0.3) is 0 Å². The van der Waals surface area contributed by atoms with E-state index < -0.39 is 0 Å². The molecule has 1 rings (SSSR count). The van der Waals surface area contributed by atoms with Crippen molar-refractivity contribution >= 4 is 5.97 Å². The summed E-state index contributed by atoms with van der Waals surface area (Å²) in [4.78, 5) is 10.6. The Hall–Kier alpha value is -1.75. The second-order valence-electron chi connectivity index (χ2n) is 3.94. The number of hydrogen-bond donors (Lipinski definition) is 1. The predicted octanol–water partition coefficient (Wildman–Crippen LogP) is 1.75. The molecule has 0 heterocycles. The molecule has 0 aliphatic rings. The number of methoxy groups -OCH3 is 1. The highest BCUT2D eigenvalue weighted by atomic mass is 16.5. The Labute approximate surface area is 113 Å². The summed E-state index contributed by atoms with van der Waals surface area (Å²) in [5, 5.41) is 3.19. The first-order valence-corrected chi connectivity index (χ1v) is 6.31. The molecule has 0 saturated carbocycles. The second kappa shape index (κ2) is 8.37. The van der Waals surface area contributed by atoms with Crippen LogP contribution in [0.5, 0.6) is 11.5 Å². The Morgan fingerprint density at radius 3 is 2.74 bits per heavy atom. The van der Waals surface area contributed by atoms with Crippen LogP contribution < -0.4 is 14.8 Å². The van der Waals surface area contributed by atoms with E-state index in [0.29, 0.717) is 26.3 Å². The van der Waals surface area contributed by atoms with Crippen LogP contribution in [0.25, 0.3) is 0 Å². The summed E-state index contributed by atoms with van der Waals surface area (Å²) in [5.41, 5.74) is 1.09. The quantitative estimate of drug-likeness (QED) is 0.574. The summed E-state index contributed by atoms with van der Waals surface area (Å²) in [7, 11) is 1.62. The number of carbonyl (C=O) groups is 1. The van der Waals surface area contributed by atoms with Crippen LogP contribution >= 0.6 is 0 Å². The number of rotatable bonds is 8. The van der Waals surface area contributed by atoms with Gasteiger partial charge in [0.05, 0.1) is 13.7 Å². The van der Waals surface area contributed by atoms with Gasteiger partial charge < -0.3 is 19.5 Å². The van der Waals surface area contributed by atoms with Crippen molar-refractivity contribution < 1.29 is 19.0 Å². The van der Waals surface area contributed by atoms with Gasteiger partial charge in [0, 0.05) is 20.0 Å². The average Bonchev–Trinajstić information content (AvgIpc) is 2.39. The maximum absolute atomic E-state index is 10.6. The molecule has 1 aromatic rings. The van der Waals surface area contributed by atoms with Gasteiger partial charge in [0.15, 0.2) is 11.5 Å². The molecule has 0 aliphatic carbocycles. The average molecular weight is 267 g/mol. The van der Waals surface area contributed by atoms with E-state index in [1.807, 2.05) is 25.1 Å². The Kier molecular flexibility index (Phi) is 6.74. The molecule has 0 aromatic heterocycles. The van der Waals surface area contributed by atoms with Gasteiger partial charge in [-0.2, -0.15) is 0 Å². The molecule has 0 unspecified atom stereocenters. The summed E-state index contributed by atoms with van der Waals surface area (Å²) in [5.74, 6) is 1.21. The van der Waals surface area contributed by atoms with Crippen LogP contribution in [0.4, 0.5) is 0 Å². The number of benzene rings is 1. The van der Waals surface area contributed by atoms with Crippen molar-refractivity contribution in [1.82, 2.24) is 5.32 Å². The van der Waals surface area contributed by atoms with Gasteiger partial charge >= 0.3 is 5.97 Å². The molecule has 0 spiro atoms. The third kappa shape index (κ3) is 5.61. The maximum atomic E-state index is 10.6. The van der Waals surface area contributed by atoms with Gasteiger partial charge in [0.2, 0.25) is 0 Å². The lowest BCUT2D eigenvalue weighted by atomic mass is 10.2. The molecule has 0 bridgehead atoms. The van der Waals surface area contributed by atoms with Gasteiger partial charge in [-0.3, -0.25) is 4.79 Å². The van der Waals surface area contributed by atoms with Crippen LogP contribution in [0, 0.1) is 0 Å². The first-order chi connectivity index (χ1) is 9.17. The molecule has 5 nitrogen and oxygen atoms in total. The summed E-state index contributed by atoms with van der Waals surface area (Å²) in [6, 6.07) is 5.80. The van der Waals surface area contributed by atoms with Crippen molar-refractivity contribution in [3.8, 4) is 11.5 Å². The fourth-order valence-corrected chi connectivity index (χ4v) is 1.60. The first-order valence-electron chi connectivity index (χ1n) is 6.31.